The molecule has 138 valence electrons. The summed E-state index contributed by atoms with van der Waals surface area (Å²) in [6, 6.07) is 0. The second kappa shape index (κ2) is 11.6. The second-order valence-electron chi connectivity index (χ2n) is 4.68. The van der Waals surface area contributed by atoms with Gasteiger partial charge in [-0.3, -0.25) is 9.59 Å². The zero-order valence-electron chi connectivity index (χ0n) is 14.6. The normalized spacial score (nSPS) is 22.2. The van der Waals surface area contributed by atoms with E-state index in [0.29, 0.717) is 19.6 Å². The molecule has 0 aliphatic carbocycles. The molecule has 0 fully saturated rings. The molecule has 0 amide bonds. The van der Waals surface area contributed by atoms with Crippen molar-refractivity contribution in [3.8, 4) is 0 Å². The van der Waals surface area contributed by atoms with Gasteiger partial charge in [-0.15, -0.1) is 0 Å². The number of hydrogen-bond donors (Lipinski definition) is 1. The predicted octanol–water partition coefficient (Wildman–Crippen LogP) is 1.74. The first-order valence-corrected chi connectivity index (χ1v) is 7.88. The van der Waals surface area contributed by atoms with Crippen LogP contribution >= 0.6 is 0 Å². The third-order valence-electron chi connectivity index (χ3n) is 3.04. The molecule has 24 heavy (non-hydrogen) atoms. The van der Waals surface area contributed by atoms with Gasteiger partial charge >= 0.3 is 12.1 Å². The fourth-order valence-corrected chi connectivity index (χ4v) is 1.88. The van der Waals surface area contributed by atoms with Gasteiger partial charge in [-0.05, 0) is 39.3 Å². The minimum Gasteiger partial charge on any atom is -0.466 e. The number of hydrogen-bond acceptors (Lipinski definition) is 8. The second-order valence-corrected chi connectivity index (χ2v) is 4.68. The summed E-state index contributed by atoms with van der Waals surface area (Å²) in [7, 11) is 0. The van der Waals surface area contributed by atoms with Crippen LogP contribution in [0.5, 0.6) is 0 Å². The van der Waals surface area contributed by atoms with Gasteiger partial charge in [0, 0.05) is 0 Å². The summed E-state index contributed by atoms with van der Waals surface area (Å²) in [6.07, 6.45) is 0.907. The Hall–Kier alpha value is -1.93. The van der Waals surface area contributed by atoms with Gasteiger partial charge in [0.25, 0.3) is 0 Å². The van der Waals surface area contributed by atoms with Crippen molar-refractivity contribution in [2.24, 2.45) is 0 Å². The number of aliphatic hydroxyl groups is 1. The maximum atomic E-state index is 11.7. The number of carbonyl (C=O) groups excluding carboxylic acids is 3. The van der Waals surface area contributed by atoms with Crippen molar-refractivity contribution in [3.63, 3.8) is 0 Å². The summed E-state index contributed by atoms with van der Waals surface area (Å²) >= 11 is 0. The minimum absolute atomic E-state index is 0.169. The molecule has 2 atom stereocenters. The third-order valence-corrected chi connectivity index (χ3v) is 3.04. The van der Waals surface area contributed by atoms with Crippen LogP contribution in [-0.4, -0.2) is 54.7 Å². The molecule has 1 rings (SSSR count). The van der Waals surface area contributed by atoms with E-state index in [1.54, 1.807) is 27.7 Å². The lowest BCUT2D eigenvalue weighted by Crippen LogP contribution is -2.47. The maximum Gasteiger partial charge on any atom is 0.508 e. The molecule has 0 spiro atoms. The van der Waals surface area contributed by atoms with Crippen LogP contribution in [0.1, 0.15) is 40.5 Å². The van der Waals surface area contributed by atoms with Gasteiger partial charge < -0.3 is 24.1 Å². The van der Waals surface area contributed by atoms with Gasteiger partial charge in [0.15, 0.2) is 12.1 Å². The quantitative estimate of drug-likeness (QED) is 0.725. The highest BCUT2D eigenvalue weighted by molar-refractivity contribution is 6.00. The molecule has 0 aromatic carbocycles. The van der Waals surface area contributed by atoms with Crippen LogP contribution in [0.15, 0.2) is 12.2 Å². The molecular formula is C16H26O8. The Morgan fingerprint density at radius 3 is 2.12 bits per heavy atom. The molecule has 0 aromatic heterocycles. The Morgan fingerprint density at radius 1 is 1.12 bits per heavy atom. The minimum atomic E-state index is -1.28. The molecule has 1 aliphatic heterocycles. The summed E-state index contributed by atoms with van der Waals surface area (Å²) < 4.78 is 18.8. The van der Waals surface area contributed by atoms with E-state index >= 15 is 0 Å². The molecule has 1 aliphatic rings. The number of carbonyl (C=O) groups is 3. The topological polar surface area (TPSA) is 108 Å². The van der Waals surface area contributed by atoms with Crippen molar-refractivity contribution in [3.05, 3.63) is 12.2 Å². The SMILES string of the molecule is CCOC(=O)CC1(CC)OC(O)C=CC1=O.CCOC(=O)OCC. The number of rotatable bonds is 6. The first-order chi connectivity index (χ1) is 11.3. The highest BCUT2D eigenvalue weighted by Gasteiger charge is 2.42. The Labute approximate surface area is 141 Å². The fourth-order valence-electron chi connectivity index (χ4n) is 1.88. The third kappa shape index (κ3) is 7.56. The summed E-state index contributed by atoms with van der Waals surface area (Å²) in [5, 5.41) is 9.32. The van der Waals surface area contributed by atoms with E-state index in [1.807, 2.05) is 0 Å². The fraction of sp³-hybridized carbons (Fsp3) is 0.688. The molecule has 0 radical (unpaired) electrons. The van der Waals surface area contributed by atoms with Crippen LogP contribution in [0, 0.1) is 0 Å². The van der Waals surface area contributed by atoms with Gasteiger partial charge in [0.1, 0.15) is 5.60 Å². The van der Waals surface area contributed by atoms with E-state index < -0.39 is 24.0 Å². The van der Waals surface area contributed by atoms with Crippen LogP contribution in [0.2, 0.25) is 0 Å². The number of esters is 1. The van der Waals surface area contributed by atoms with E-state index in [1.165, 1.54) is 12.2 Å². The van der Waals surface area contributed by atoms with Gasteiger partial charge in [-0.2, -0.15) is 0 Å². The van der Waals surface area contributed by atoms with Crippen molar-refractivity contribution in [1.29, 1.82) is 0 Å². The average molecular weight is 346 g/mol. The summed E-state index contributed by atoms with van der Waals surface area (Å²) in [6.45, 7) is 7.88. The van der Waals surface area contributed by atoms with Gasteiger partial charge in [0.2, 0.25) is 0 Å². The number of ketones is 1. The molecule has 0 saturated heterocycles. The van der Waals surface area contributed by atoms with E-state index in [4.69, 9.17) is 9.47 Å². The molecule has 2 unspecified atom stereocenters. The van der Waals surface area contributed by atoms with Gasteiger partial charge in [-0.25, -0.2) is 4.79 Å². The lowest BCUT2D eigenvalue weighted by Gasteiger charge is -2.33. The molecule has 0 bridgehead atoms. The van der Waals surface area contributed by atoms with E-state index in [2.05, 4.69) is 9.47 Å². The Kier molecular flexibility index (Phi) is 10.7. The zero-order valence-corrected chi connectivity index (χ0v) is 14.6. The van der Waals surface area contributed by atoms with Crippen molar-refractivity contribution in [2.75, 3.05) is 19.8 Å². The number of aliphatic hydroxyl groups excluding tert-OH is 1. The van der Waals surface area contributed by atoms with Gasteiger partial charge in [-0.1, -0.05) is 6.92 Å². The Bertz CT molecular complexity index is 437. The number of ether oxygens (including phenoxy) is 4. The molecule has 8 nitrogen and oxygen atoms in total. The van der Waals surface area contributed by atoms with Crippen LogP contribution in [0.4, 0.5) is 4.79 Å². The highest BCUT2D eigenvalue weighted by Crippen LogP contribution is 2.28. The van der Waals surface area contributed by atoms with E-state index in [9.17, 15) is 19.5 Å². The molecule has 0 aromatic rings. The summed E-state index contributed by atoms with van der Waals surface area (Å²) in [5.41, 5.74) is -1.28. The van der Waals surface area contributed by atoms with E-state index in [0.717, 1.165) is 0 Å². The van der Waals surface area contributed by atoms with Crippen LogP contribution in [-0.2, 0) is 28.5 Å². The first-order valence-electron chi connectivity index (χ1n) is 7.88. The first kappa shape index (κ1) is 22.1. The van der Waals surface area contributed by atoms with Gasteiger partial charge in [0.05, 0.1) is 26.2 Å². The molecule has 1 heterocycles. The molecule has 0 saturated carbocycles. The molecular weight excluding hydrogens is 320 g/mol. The van der Waals surface area contributed by atoms with Crippen molar-refractivity contribution in [2.45, 2.75) is 52.4 Å². The monoisotopic (exact) mass is 346 g/mol. The Balaban J connectivity index is 0.000000561. The highest BCUT2D eigenvalue weighted by atomic mass is 16.7. The van der Waals surface area contributed by atoms with Crippen molar-refractivity contribution < 1.29 is 38.4 Å². The Morgan fingerprint density at radius 2 is 1.67 bits per heavy atom. The van der Waals surface area contributed by atoms with Crippen LogP contribution in [0.3, 0.4) is 0 Å². The predicted molar refractivity (Wildman–Crippen MR) is 84.2 cm³/mol. The smallest absolute Gasteiger partial charge is 0.466 e. The standard InChI is InChI=1S/C11H16O5.C5H10O3/c1-3-11(7-10(14)15-4-2)8(12)5-6-9(13)16-11;1-3-7-5(6)8-4-2/h5-6,9,13H,3-4,7H2,1-2H3;3-4H2,1-2H3. The molecule has 8 heteroatoms. The maximum absolute atomic E-state index is 11.7. The van der Waals surface area contributed by atoms with E-state index in [-0.39, 0.29) is 18.8 Å². The van der Waals surface area contributed by atoms with Crippen molar-refractivity contribution in [1.82, 2.24) is 0 Å². The largest absolute Gasteiger partial charge is 0.508 e. The summed E-state index contributed by atoms with van der Waals surface area (Å²) in [5.74, 6) is -0.812. The van der Waals surface area contributed by atoms with Crippen LogP contribution in [0.25, 0.3) is 0 Å². The average Bonchev–Trinajstić information content (AvgIpc) is 2.52. The lowest BCUT2D eigenvalue weighted by molar-refractivity contribution is -0.188. The zero-order chi connectivity index (χ0) is 18.6. The van der Waals surface area contributed by atoms with Crippen molar-refractivity contribution >= 4 is 17.9 Å². The lowest BCUT2D eigenvalue weighted by atomic mass is 9.89. The molecule has 1 N–H and O–H groups in total. The summed E-state index contributed by atoms with van der Waals surface area (Å²) in [4.78, 5) is 33.3. The van der Waals surface area contributed by atoms with Crippen LogP contribution < -0.4 is 0 Å².